The number of aliphatic hydroxyl groups excluding tert-OH is 1. The van der Waals surface area contributed by atoms with E-state index in [4.69, 9.17) is 14.8 Å². The molecule has 3 nitrogen and oxygen atoms in total. The zero-order valence-electron chi connectivity index (χ0n) is 6.03. The minimum absolute atomic E-state index is 0.114. The van der Waals surface area contributed by atoms with Gasteiger partial charge in [0.05, 0.1) is 24.9 Å². The molecule has 0 saturated carbocycles. The second kappa shape index (κ2) is 3.79. The van der Waals surface area contributed by atoms with Crippen LogP contribution in [0.2, 0.25) is 0 Å². The molecule has 0 fully saturated rings. The Labute approximate surface area is 64.9 Å². The van der Waals surface area contributed by atoms with E-state index in [-0.39, 0.29) is 12.5 Å². The number of aliphatic hydroxyl groups is 1. The van der Waals surface area contributed by atoms with Crippen molar-refractivity contribution in [1.82, 2.24) is 0 Å². The third-order valence-corrected chi connectivity index (χ3v) is 1.43. The summed E-state index contributed by atoms with van der Waals surface area (Å²) in [6.45, 7) is -0.114. The van der Waals surface area contributed by atoms with Crippen molar-refractivity contribution in [2.24, 2.45) is 5.92 Å². The van der Waals surface area contributed by atoms with Gasteiger partial charge in [0.15, 0.2) is 0 Å². The predicted molar refractivity (Wildman–Crippen MR) is 38.6 cm³/mol. The molecule has 1 N–H and O–H groups in total. The van der Waals surface area contributed by atoms with Crippen molar-refractivity contribution in [2.45, 2.75) is 6.42 Å². The van der Waals surface area contributed by atoms with Crippen LogP contribution in [-0.2, 0) is 6.42 Å². The van der Waals surface area contributed by atoms with Gasteiger partial charge in [0.1, 0.15) is 5.76 Å². The highest BCUT2D eigenvalue weighted by atomic mass is 16.3. The maximum atomic E-state index is 8.66. The van der Waals surface area contributed by atoms with Crippen LogP contribution in [0.1, 0.15) is 5.76 Å². The molecule has 1 atom stereocenters. The van der Waals surface area contributed by atoms with Crippen LogP contribution in [0.3, 0.4) is 0 Å². The largest absolute Gasteiger partial charge is 0.469 e. The van der Waals surface area contributed by atoms with Crippen LogP contribution < -0.4 is 0 Å². The van der Waals surface area contributed by atoms with Gasteiger partial charge in [-0.15, -0.1) is 0 Å². The average Bonchev–Trinajstić information content (AvgIpc) is 2.52. The van der Waals surface area contributed by atoms with Gasteiger partial charge in [-0.05, 0) is 12.1 Å². The van der Waals surface area contributed by atoms with Gasteiger partial charge >= 0.3 is 0 Å². The Balaban J connectivity index is 2.49. The SMILES string of the molecule is N#C[C@@H](CO)Cc1ccco1. The molecule has 0 unspecified atom stereocenters. The number of hydrogen-bond acceptors (Lipinski definition) is 3. The number of nitriles is 1. The monoisotopic (exact) mass is 151 g/mol. The molecule has 0 aliphatic carbocycles. The van der Waals surface area contributed by atoms with E-state index in [1.807, 2.05) is 6.07 Å². The third-order valence-electron chi connectivity index (χ3n) is 1.43. The Bertz CT molecular complexity index is 235. The topological polar surface area (TPSA) is 57.2 Å². The maximum Gasteiger partial charge on any atom is 0.105 e. The van der Waals surface area contributed by atoms with Crippen LogP contribution in [0, 0.1) is 17.2 Å². The van der Waals surface area contributed by atoms with Crippen molar-refractivity contribution in [3.05, 3.63) is 24.2 Å². The molecule has 0 saturated heterocycles. The van der Waals surface area contributed by atoms with Gasteiger partial charge in [-0.25, -0.2) is 0 Å². The second-order valence-electron chi connectivity index (χ2n) is 2.29. The van der Waals surface area contributed by atoms with Gasteiger partial charge in [-0.1, -0.05) is 0 Å². The number of furan rings is 1. The first-order chi connectivity index (χ1) is 5.36. The van der Waals surface area contributed by atoms with Crippen LogP contribution >= 0.6 is 0 Å². The van der Waals surface area contributed by atoms with Gasteiger partial charge in [0, 0.05) is 6.42 Å². The Morgan fingerprint density at radius 2 is 2.55 bits per heavy atom. The van der Waals surface area contributed by atoms with Crippen LogP contribution in [0.5, 0.6) is 0 Å². The maximum absolute atomic E-state index is 8.66. The summed E-state index contributed by atoms with van der Waals surface area (Å²) in [6, 6.07) is 5.54. The zero-order chi connectivity index (χ0) is 8.10. The van der Waals surface area contributed by atoms with Crippen molar-refractivity contribution in [3.8, 4) is 6.07 Å². The van der Waals surface area contributed by atoms with Crippen LogP contribution in [-0.4, -0.2) is 11.7 Å². The molecular weight excluding hydrogens is 142 g/mol. The second-order valence-corrected chi connectivity index (χ2v) is 2.29. The normalized spacial score (nSPS) is 12.4. The van der Waals surface area contributed by atoms with Crippen molar-refractivity contribution in [1.29, 1.82) is 5.26 Å². The summed E-state index contributed by atoms with van der Waals surface area (Å²) in [7, 11) is 0. The smallest absolute Gasteiger partial charge is 0.105 e. The summed E-state index contributed by atoms with van der Waals surface area (Å²) in [5.41, 5.74) is 0. The summed E-state index contributed by atoms with van der Waals surface area (Å²) < 4.78 is 5.01. The van der Waals surface area contributed by atoms with Crippen molar-refractivity contribution >= 4 is 0 Å². The van der Waals surface area contributed by atoms with Gasteiger partial charge in [0.25, 0.3) is 0 Å². The molecule has 58 valence electrons. The lowest BCUT2D eigenvalue weighted by Gasteiger charge is -2.00. The fourth-order valence-corrected chi connectivity index (χ4v) is 0.823. The average molecular weight is 151 g/mol. The molecule has 0 bridgehead atoms. The Kier molecular flexibility index (Phi) is 2.70. The molecular formula is C8H9NO2. The Hall–Kier alpha value is -1.27. The van der Waals surface area contributed by atoms with Gasteiger partial charge in [0.2, 0.25) is 0 Å². The summed E-state index contributed by atoms with van der Waals surface area (Å²) >= 11 is 0. The standard InChI is InChI=1S/C8H9NO2/c9-5-7(6-10)4-8-2-1-3-11-8/h1-3,7,10H,4,6H2/t7-/m0/s1. The van der Waals surface area contributed by atoms with Crippen molar-refractivity contribution < 1.29 is 9.52 Å². The van der Waals surface area contributed by atoms with Crippen molar-refractivity contribution in [2.75, 3.05) is 6.61 Å². The van der Waals surface area contributed by atoms with Crippen LogP contribution in [0.25, 0.3) is 0 Å². The van der Waals surface area contributed by atoms with E-state index < -0.39 is 0 Å². The van der Waals surface area contributed by atoms with E-state index in [9.17, 15) is 0 Å². The molecule has 0 aromatic carbocycles. The molecule has 3 heteroatoms. The van der Waals surface area contributed by atoms with E-state index in [0.29, 0.717) is 6.42 Å². The molecule has 1 rings (SSSR count). The molecule has 0 radical (unpaired) electrons. The number of rotatable bonds is 3. The highest BCUT2D eigenvalue weighted by molar-refractivity contribution is 5.02. The summed E-state index contributed by atoms with van der Waals surface area (Å²) in [5.74, 6) is 0.395. The van der Waals surface area contributed by atoms with E-state index in [1.54, 1.807) is 18.4 Å². The lowest BCUT2D eigenvalue weighted by atomic mass is 10.1. The Morgan fingerprint density at radius 3 is 3.00 bits per heavy atom. The summed E-state index contributed by atoms with van der Waals surface area (Å²) in [4.78, 5) is 0. The van der Waals surface area contributed by atoms with Gasteiger partial charge < -0.3 is 9.52 Å². The molecule has 0 aliphatic heterocycles. The van der Waals surface area contributed by atoms with Crippen molar-refractivity contribution in [3.63, 3.8) is 0 Å². The fraction of sp³-hybridized carbons (Fsp3) is 0.375. The minimum atomic E-state index is -0.346. The third kappa shape index (κ3) is 2.10. The first kappa shape index (κ1) is 7.83. The molecule has 1 aromatic heterocycles. The van der Waals surface area contributed by atoms with E-state index in [2.05, 4.69) is 0 Å². The van der Waals surface area contributed by atoms with E-state index in [1.165, 1.54) is 0 Å². The minimum Gasteiger partial charge on any atom is -0.469 e. The molecule has 1 aromatic rings. The summed E-state index contributed by atoms with van der Waals surface area (Å²) in [5, 5.41) is 17.1. The lowest BCUT2D eigenvalue weighted by Crippen LogP contribution is -2.05. The van der Waals surface area contributed by atoms with Gasteiger partial charge in [-0.2, -0.15) is 5.26 Å². The molecule has 0 spiro atoms. The first-order valence-corrected chi connectivity index (χ1v) is 3.39. The van der Waals surface area contributed by atoms with Crippen LogP contribution in [0.4, 0.5) is 0 Å². The molecule has 0 aliphatic rings. The first-order valence-electron chi connectivity index (χ1n) is 3.39. The molecule has 11 heavy (non-hydrogen) atoms. The number of nitrogens with zero attached hydrogens (tertiary/aromatic N) is 1. The highest BCUT2D eigenvalue weighted by Crippen LogP contribution is 2.07. The van der Waals surface area contributed by atoms with Crippen LogP contribution in [0.15, 0.2) is 22.8 Å². The fourth-order valence-electron chi connectivity index (χ4n) is 0.823. The quantitative estimate of drug-likeness (QED) is 0.699. The predicted octanol–water partition coefficient (Wildman–Crippen LogP) is 0.954. The van der Waals surface area contributed by atoms with Gasteiger partial charge in [-0.3, -0.25) is 0 Å². The Morgan fingerprint density at radius 1 is 1.73 bits per heavy atom. The molecule has 1 heterocycles. The van der Waals surface area contributed by atoms with E-state index in [0.717, 1.165) is 5.76 Å². The highest BCUT2D eigenvalue weighted by Gasteiger charge is 2.07. The van der Waals surface area contributed by atoms with E-state index >= 15 is 0 Å². The summed E-state index contributed by atoms with van der Waals surface area (Å²) in [6.07, 6.45) is 2.04. The zero-order valence-corrected chi connectivity index (χ0v) is 6.03. The number of hydrogen-bond donors (Lipinski definition) is 1. The molecule has 0 amide bonds. The lowest BCUT2D eigenvalue weighted by molar-refractivity contribution is 0.250.